The van der Waals surface area contributed by atoms with Gasteiger partial charge in [-0.2, -0.15) is 0 Å². The fourth-order valence-corrected chi connectivity index (χ4v) is 4.19. The van der Waals surface area contributed by atoms with E-state index in [4.69, 9.17) is 28.4 Å². The molecule has 9 heteroatoms. The number of rotatable bonds is 5. The van der Waals surface area contributed by atoms with Gasteiger partial charge in [0.05, 0.1) is 44.3 Å². The number of nitrogens with one attached hydrogen (secondary N) is 1. The van der Waals surface area contributed by atoms with E-state index < -0.39 is 0 Å². The van der Waals surface area contributed by atoms with Crippen LogP contribution in [0.4, 0.5) is 11.4 Å². The Morgan fingerprint density at radius 3 is 2.29 bits per heavy atom. The quantitative estimate of drug-likeness (QED) is 0.725. The molecule has 0 aromatic heterocycles. The van der Waals surface area contributed by atoms with Crippen molar-refractivity contribution < 1.29 is 33.2 Å². The molecule has 1 fully saturated rings. The second-order valence-electron chi connectivity index (χ2n) is 7.28. The van der Waals surface area contributed by atoms with Crippen molar-refractivity contribution in [3.8, 4) is 28.7 Å². The summed E-state index contributed by atoms with van der Waals surface area (Å²) in [6, 6.07) is 7.16. The molecule has 0 aliphatic carbocycles. The predicted molar refractivity (Wildman–Crippen MR) is 112 cm³/mol. The first-order valence-electron chi connectivity index (χ1n) is 9.70. The summed E-state index contributed by atoms with van der Waals surface area (Å²) >= 11 is 0. The zero-order valence-corrected chi connectivity index (χ0v) is 17.6. The molecule has 162 valence electrons. The highest BCUT2D eigenvalue weighted by Crippen LogP contribution is 2.48. The van der Waals surface area contributed by atoms with E-state index in [0.717, 1.165) is 11.3 Å². The highest BCUT2D eigenvalue weighted by atomic mass is 16.7. The number of hydrogen-bond acceptors (Lipinski definition) is 9. The van der Waals surface area contributed by atoms with Crippen LogP contribution in [0.1, 0.15) is 5.56 Å². The molecule has 1 saturated heterocycles. The molecule has 1 unspecified atom stereocenters. The van der Waals surface area contributed by atoms with Crippen LogP contribution in [-0.4, -0.2) is 53.8 Å². The Morgan fingerprint density at radius 2 is 1.65 bits per heavy atom. The molecular formula is C22H22N2O7. The summed E-state index contributed by atoms with van der Waals surface area (Å²) in [4.78, 5) is 14.7. The first-order valence-corrected chi connectivity index (χ1v) is 9.70. The van der Waals surface area contributed by atoms with Crippen LogP contribution in [-0.2, 0) is 9.53 Å². The van der Waals surface area contributed by atoms with E-state index in [1.54, 1.807) is 33.5 Å². The second-order valence-corrected chi connectivity index (χ2v) is 7.28. The molecule has 9 nitrogen and oxygen atoms in total. The topological polar surface area (TPSA) is 87.7 Å². The maximum Gasteiger partial charge on any atom is 0.338 e. The first kappa shape index (κ1) is 19.2. The number of hydrogen-bond donors (Lipinski definition) is 1. The molecular weight excluding hydrogens is 404 g/mol. The third-order valence-corrected chi connectivity index (χ3v) is 5.74. The largest absolute Gasteiger partial charge is 0.493 e. The molecule has 0 bridgehead atoms. The molecule has 2 aromatic rings. The molecule has 3 aliphatic heterocycles. The summed E-state index contributed by atoms with van der Waals surface area (Å²) in [6.07, 6.45) is 0. The van der Waals surface area contributed by atoms with Crippen LogP contribution in [0.5, 0.6) is 28.7 Å². The fourth-order valence-electron chi connectivity index (χ4n) is 4.19. The lowest BCUT2D eigenvalue weighted by atomic mass is 9.93. The minimum atomic E-state index is -0.352. The minimum Gasteiger partial charge on any atom is -0.493 e. The van der Waals surface area contributed by atoms with Crippen molar-refractivity contribution in [3.63, 3.8) is 0 Å². The van der Waals surface area contributed by atoms with Crippen LogP contribution in [0.2, 0.25) is 0 Å². The van der Waals surface area contributed by atoms with Crippen LogP contribution in [0.3, 0.4) is 0 Å². The lowest BCUT2D eigenvalue weighted by Crippen LogP contribution is -2.38. The van der Waals surface area contributed by atoms with Crippen molar-refractivity contribution in [3.05, 3.63) is 35.4 Å². The molecule has 31 heavy (non-hydrogen) atoms. The van der Waals surface area contributed by atoms with Gasteiger partial charge in [-0.15, -0.1) is 0 Å². The Hall–Kier alpha value is -3.75. The highest BCUT2D eigenvalue weighted by molar-refractivity contribution is 6.07. The van der Waals surface area contributed by atoms with Crippen LogP contribution in [0, 0.1) is 0 Å². The summed E-state index contributed by atoms with van der Waals surface area (Å²) in [6.45, 7) is 0.443. The average molecular weight is 426 g/mol. The lowest BCUT2D eigenvalue weighted by molar-refractivity contribution is -0.135. The smallest absolute Gasteiger partial charge is 0.338 e. The Kier molecular flexibility index (Phi) is 4.46. The SMILES string of the molecule is COc1cc(NC2=C3C(=O)OCC3N(C)c3cc4c(cc32)OCO4)cc(OC)c1OC. The van der Waals surface area contributed by atoms with Gasteiger partial charge in [0, 0.05) is 36.5 Å². The molecule has 3 aliphatic rings. The Balaban J connectivity index is 1.67. The van der Waals surface area contributed by atoms with Gasteiger partial charge >= 0.3 is 5.97 Å². The standard InChI is InChI=1S/C22H22N2O7/c1-24-13-8-16-15(30-10-31-16)7-12(13)20(19-14(24)9-29-22(19)25)23-11-5-17(26-2)21(28-4)18(6-11)27-3/h5-8,14,23H,9-10H2,1-4H3. The van der Waals surface area contributed by atoms with Gasteiger partial charge in [0.15, 0.2) is 23.0 Å². The Bertz CT molecular complexity index is 1090. The van der Waals surface area contributed by atoms with Gasteiger partial charge in [-0.25, -0.2) is 4.79 Å². The number of carbonyl (C=O) groups excluding carboxylic acids is 1. The summed E-state index contributed by atoms with van der Waals surface area (Å²) in [5.74, 6) is 2.43. The van der Waals surface area contributed by atoms with Crippen molar-refractivity contribution >= 4 is 23.0 Å². The molecule has 3 heterocycles. The monoisotopic (exact) mass is 426 g/mol. The molecule has 5 rings (SSSR count). The van der Waals surface area contributed by atoms with Crippen LogP contribution >= 0.6 is 0 Å². The zero-order chi connectivity index (χ0) is 21.7. The maximum atomic E-state index is 12.7. The van der Waals surface area contributed by atoms with Gasteiger partial charge in [-0.1, -0.05) is 0 Å². The number of nitrogens with zero attached hydrogens (tertiary/aromatic N) is 1. The predicted octanol–water partition coefficient (Wildman–Crippen LogP) is 2.64. The van der Waals surface area contributed by atoms with E-state index >= 15 is 0 Å². The van der Waals surface area contributed by atoms with Gasteiger partial charge in [-0.3, -0.25) is 0 Å². The van der Waals surface area contributed by atoms with E-state index in [0.29, 0.717) is 45.7 Å². The molecule has 1 N–H and O–H groups in total. The van der Waals surface area contributed by atoms with Crippen molar-refractivity contribution in [2.24, 2.45) is 0 Å². The lowest BCUT2D eigenvalue weighted by Gasteiger charge is -2.34. The summed E-state index contributed by atoms with van der Waals surface area (Å²) in [7, 11) is 6.59. The van der Waals surface area contributed by atoms with E-state index in [-0.39, 0.29) is 25.4 Å². The third kappa shape index (κ3) is 2.88. The second kappa shape index (κ2) is 7.19. The van der Waals surface area contributed by atoms with Crippen LogP contribution < -0.4 is 33.9 Å². The number of carbonyl (C=O) groups is 1. The van der Waals surface area contributed by atoms with Crippen molar-refractivity contribution in [2.45, 2.75) is 6.04 Å². The van der Waals surface area contributed by atoms with Crippen LogP contribution in [0.15, 0.2) is 29.8 Å². The zero-order valence-electron chi connectivity index (χ0n) is 17.6. The van der Waals surface area contributed by atoms with E-state index in [1.165, 1.54) is 0 Å². The normalized spacial score (nSPS) is 18.4. The molecule has 0 radical (unpaired) electrons. The number of esters is 1. The Labute approximate surface area is 179 Å². The van der Waals surface area contributed by atoms with E-state index in [2.05, 4.69) is 5.32 Å². The summed E-state index contributed by atoms with van der Waals surface area (Å²) < 4.78 is 32.9. The van der Waals surface area contributed by atoms with Crippen molar-refractivity contribution in [1.29, 1.82) is 0 Å². The molecule has 2 aromatic carbocycles. The van der Waals surface area contributed by atoms with Crippen molar-refractivity contribution in [1.82, 2.24) is 0 Å². The van der Waals surface area contributed by atoms with Gasteiger partial charge in [-0.05, 0) is 6.07 Å². The summed E-state index contributed by atoms with van der Waals surface area (Å²) in [5.41, 5.74) is 3.59. The average Bonchev–Trinajstić information content (AvgIpc) is 3.41. The molecule has 0 spiro atoms. The van der Waals surface area contributed by atoms with Crippen LogP contribution in [0.25, 0.3) is 5.70 Å². The number of likely N-dealkylation sites (N-methyl/N-ethyl adjacent to an activating group) is 1. The number of benzene rings is 2. The van der Waals surface area contributed by atoms with Gasteiger partial charge in [0.2, 0.25) is 12.5 Å². The maximum absolute atomic E-state index is 12.7. The third-order valence-electron chi connectivity index (χ3n) is 5.74. The van der Waals surface area contributed by atoms with E-state index in [1.807, 2.05) is 24.1 Å². The molecule has 0 saturated carbocycles. The number of fused-ring (bicyclic) bond motifs is 3. The summed E-state index contributed by atoms with van der Waals surface area (Å²) in [5, 5.41) is 3.39. The van der Waals surface area contributed by atoms with E-state index in [9.17, 15) is 4.79 Å². The Morgan fingerprint density at radius 1 is 0.968 bits per heavy atom. The molecule has 0 amide bonds. The first-order chi connectivity index (χ1) is 15.0. The van der Waals surface area contributed by atoms with Gasteiger partial charge in [0.1, 0.15) is 6.61 Å². The van der Waals surface area contributed by atoms with Gasteiger partial charge in [0.25, 0.3) is 0 Å². The highest BCUT2D eigenvalue weighted by Gasteiger charge is 2.42. The number of methoxy groups -OCH3 is 3. The van der Waals surface area contributed by atoms with Crippen molar-refractivity contribution in [2.75, 3.05) is 52.0 Å². The fraction of sp³-hybridized carbons (Fsp3) is 0.318. The molecule has 1 atom stereocenters. The number of anilines is 2. The number of ether oxygens (including phenoxy) is 6. The number of cyclic esters (lactones) is 1. The van der Waals surface area contributed by atoms with Gasteiger partial charge < -0.3 is 38.6 Å². The minimum absolute atomic E-state index is 0.166.